The molecule has 0 aliphatic carbocycles. The quantitative estimate of drug-likeness (QED) is 0.475. The number of amides is 1. The van der Waals surface area contributed by atoms with Gasteiger partial charge in [0.1, 0.15) is 0 Å². The monoisotopic (exact) mass is 429 g/mol. The Bertz CT molecular complexity index is 792. The number of hydrogen-bond acceptors (Lipinski definition) is 5. The van der Waals surface area contributed by atoms with Gasteiger partial charge in [0.2, 0.25) is 5.91 Å². The lowest BCUT2D eigenvalue weighted by Gasteiger charge is -2.24. The average molecular weight is 430 g/mol. The van der Waals surface area contributed by atoms with Crippen LogP contribution in [0.3, 0.4) is 0 Å². The molecule has 0 aromatic heterocycles. The predicted molar refractivity (Wildman–Crippen MR) is 121 cm³/mol. The van der Waals surface area contributed by atoms with Crippen LogP contribution < -0.4 is 5.73 Å². The largest absolute Gasteiger partial charge is 0.366 e. The number of rotatable bonds is 8. The van der Waals surface area contributed by atoms with Crippen molar-refractivity contribution in [2.75, 3.05) is 25.7 Å². The fourth-order valence-corrected chi connectivity index (χ4v) is 4.18. The van der Waals surface area contributed by atoms with Gasteiger partial charge in [0.05, 0.1) is 13.2 Å². The van der Waals surface area contributed by atoms with Crippen molar-refractivity contribution in [3.05, 3.63) is 65.2 Å². The summed E-state index contributed by atoms with van der Waals surface area (Å²) in [5.41, 5.74) is 9.31. The summed E-state index contributed by atoms with van der Waals surface area (Å²) in [5, 5.41) is 0. The molecule has 1 aliphatic heterocycles. The Kier molecular flexibility index (Phi) is 8.24. The van der Waals surface area contributed by atoms with E-state index in [0.717, 1.165) is 23.1 Å². The summed E-state index contributed by atoms with van der Waals surface area (Å²) < 4.78 is 11.3. The first kappa shape index (κ1) is 22.0. The number of primary amides is 1. The van der Waals surface area contributed by atoms with Gasteiger partial charge < -0.3 is 15.2 Å². The Morgan fingerprint density at radius 1 is 0.931 bits per heavy atom. The second-order valence-electron chi connectivity index (χ2n) is 6.74. The maximum absolute atomic E-state index is 12.5. The Labute approximate surface area is 181 Å². The molecule has 6 heteroatoms. The van der Waals surface area contributed by atoms with Crippen LogP contribution in [0.25, 0.3) is 5.57 Å². The van der Waals surface area contributed by atoms with E-state index in [1.54, 1.807) is 23.5 Å². The normalized spacial score (nSPS) is 14.6. The summed E-state index contributed by atoms with van der Waals surface area (Å²) in [6.07, 6.45) is 5.83. The molecule has 0 atom stereocenters. The van der Waals surface area contributed by atoms with Crippen LogP contribution in [0.15, 0.2) is 63.9 Å². The van der Waals surface area contributed by atoms with Crippen molar-refractivity contribution in [3.8, 4) is 0 Å². The molecule has 1 heterocycles. The van der Waals surface area contributed by atoms with Crippen LogP contribution in [0, 0.1) is 0 Å². The van der Waals surface area contributed by atoms with Crippen molar-refractivity contribution in [2.45, 2.75) is 35.3 Å². The number of hydrogen-bond donors (Lipinski definition) is 1. The molecule has 2 aromatic rings. The molecule has 1 aliphatic rings. The van der Waals surface area contributed by atoms with E-state index >= 15 is 0 Å². The summed E-state index contributed by atoms with van der Waals surface area (Å²) in [4.78, 5) is 14.8. The summed E-state index contributed by atoms with van der Waals surface area (Å²) in [5.74, 6) is -0.404. The van der Waals surface area contributed by atoms with Gasteiger partial charge in [-0.1, -0.05) is 24.3 Å². The smallest absolute Gasteiger partial charge is 0.245 e. The van der Waals surface area contributed by atoms with Gasteiger partial charge in [0.15, 0.2) is 6.29 Å². The molecular weight excluding hydrogens is 402 g/mol. The fourth-order valence-electron chi connectivity index (χ4n) is 3.37. The SMILES string of the molecule is CSc1ccc(C(=C(CCC2OCCCO2)C(N)=O)c2ccc(SC)cc2)cc1. The molecule has 3 rings (SSSR count). The third kappa shape index (κ3) is 5.89. The molecule has 0 unspecified atom stereocenters. The zero-order chi connectivity index (χ0) is 20.6. The Balaban J connectivity index is 2.01. The third-order valence-electron chi connectivity index (χ3n) is 4.88. The fraction of sp³-hybridized carbons (Fsp3) is 0.348. The van der Waals surface area contributed by atoms with Crippen molar-refractivity contribution < 1.29 is 14.3 Å². The number of nitrogens with two attached hydrogens (primary N) is 1. The van der Waals surface area contributed by atoms with Crippen LogP contribution in [0.2, 0.25) is 0 Å². The van der Waals surface area contributed by atoms with Crippen molar-refractivity contribution in [2.24, 2.45) is 5.73 Å². The molecule has 2 N–H and O–H groups in total. The first-order valence-corrected chi connectivity index (χ1v) is 12.1. The highest BCUT2D eigenvalue weighted by Gasteiger charge is 2.20. The third-order valence-corrected chi connectivity index (χ3v) is 6.37. The van der Waals surface area contributed by atoms with Crippen molar-refractivity contribution in [1.82, 2.24) is 0 Å². The van der Waals surface area contributed by atoms with Gasteiger partial charge in [-0.05, 0) is 66.3 Å². The lowest BCUT2D eigenvalue weighted by Crippen LogP contribution is -2.26. The Hall–Kier alpha value is -1.73. The van der Waals surface area contributed by atoms with Crippen molar-refractivity contribution in [1.29, 1.82) is 0 Å². The van der Waals surface area contributed by atoms with Gasteiger partial charge in [-0.15, -0.1) is 23.5 Å². The molecule has 29 heavy (non-hydrogen) atoms. The van der Waals surface area contributed by atoms with Crippen LogP contribution in [0.1, 0.15) is 30.4 Å². The van der Waals surface area contributed by atoms with Gasteiger partial charge in [0.25, 0.3) is 0 Å². The lowest BCUT2D eigenvalue weighted by molar-refractivity contribution is -0.180. The number of ether oxygens (including phenoxy) is 2. The second-order valence-corrected chi connectivity index (χ2v) is 8.50. The van der Waals surface area contributed by atoms with Crippen LogP contribution in [-0.4, -0.2) is 37.9 Å². The molecule has 1 amide bonds. The van der Waals surface area contributed by atoms with E-state index < -0.39 is 5.91 Å². The molecule has 1 fully saturated rings. The van der Waals surface area contributed by atoms with E-state index in [0.29, 0.717) is 31.6 Å². The highest BCUT2D eigenvalue weighted by molar-refractivity contribution is 7.98. The van der Waals surface area contributed by atoms with E-state index in [1.165, 1.54) is 9.79 Å². The molecule has 0 spiro atoms. The van der Waals surface area contributed by atoms with Crippen LogP contribution >= 0.6 is 23.5 Å². The molecule has 1 saturated heterocycles. The highest BCUT2D eigenvalue weighted by Crippen LogP contribution is 2.32. The summed E-state index contributed by atoms with van der Waals surface area (Å²) in [6, 6.07) is 16.5. The van der Waals surface area contributed by atoms with Crippen LogP contribution in [0.4, 0.5) is 0 Å². The maximum atomic E-state index is 12.5. The minimum Gasteiger partial charge on any atom is -0.366 e. The van der Waals surface area contributed by atoms with Crippen molar-refractivity contribution >= 4 is 35.0 Å². The molecule has 0 saturated carbocycles. The average Bonchev–Trinajstić information content (AvgIpc) is 2.77. The van der Waals surface area contributed by atoms with E-state index in [9.17, 15) is 4.79 Å². The number of carbonyl (C=O) groups excluding carboxylic acids is 1. The highest BCUT2D eigenvalue weighted by atomic mass is 32.2. The van der Waals surface area contributed by atoms with Gasteiger partial charge in [-0.25, -0.2) is 0 Å². The van der Waals surface area contributed by atoms with Crippen molar-refractivity contribution in [3.63, 3.8) is 0 Å². The van der Waals surface area contributed by atoms with E-state index in [-0.39, 0.29) is 6.29 Å². The number of thioether (sulfide) groups is 2. The van der Waals surface area contributed by atoms with E-state index in [1.807, 2.05) is 12.5 Å². The number of carbonyl (C=O) groups is 1. The molecule has 0 bridgehead atoms. The molecule has 4 nitrogen and oxygen atoms in total. The predicted octanol–water partition coefficient (Wildman–Crippen LogP) is 4.96. The molecule has 2 aromatic carbocycles. The minimum absolute atomic E-state index is 0.280. The van der Waals surface area contributed by atoms with Gasteiger partial charge in [-0.2, -0.15) is 0 Å². The summed E-state index contributed by atoms with van der Waals surface area (Å²) >= 11 is 3.38. The minimum atomic E-state index is -0.404. The van der Waals surface area contributed by atoms with E-state index in [4.69, 9.17) is 15.2 Å². The van der Waals surface area contributed by atoms with Crippen LogP contribution in [0.5, 0.6) is 0 Å². The molecular formula is C23H27NO3S2. The zero-order valence-corrected chi connectivity index (χ0v) is 18.5. The van der Waals surface area contributed by atoms with Gasteiger partial charge in [-0.3, -0.25) is 4.79 Å². The topological polar surface area (TPSA) is 61.6 Å². The summed E-state index contributed by atoms with van der Waals surface area (Å²) in [7, 11) is 0. The van der Waals surface area contributed by atoms with Gasteiger partial charge >= 0.3 is 0 Å². The zero-order valence-electron chi connectivity index (χ0n) is 16.9. The Morgan fingerprint density at radius 3 is 1.83 bits per heavy atom. The second kappa shape index (κ2) is 10.9. The maximum Gasteiger partial charge on any atom is 0.245 e. The van der Waals surface area contributed by atoms with E-state index in [2.05, 4.69) is 48.5 Å². The standard InChI is InChI=1S/C23H27NO3S2/c1-28-18-8-4-16(5-9-18)22(17-6-10-19(29-2)11-7-17)20(23(24)25)12-13-21-26-14-3-15-27-21/h4-11,21H,3,12-15H2,1-2H3,(H2,24,25). The first-order chi connectivity index (χ1) is 14.1. The molecule has 154 valence electrons. The first-order valence-electron chi connectivity index (χ1n) is 9.67. The van der Waals surface area contributed by atoms with Gasteiger partial charge in [0, 0.05) is 21.8 Å². The van der Waals surface area contributed by atoms with Crippen LogP contribution in [-0.2, 0) is 14.3 Å². The number of benzene rings is 2. The Morgan fingerprint density at radius 2 is 1.41 bits per heavy atom. The molecule has 0 radical (unpaired) electrons. The summed E-state index contributed by atoms with van der Waals surface area (Å²) in [6.45, 7) is 1.39. The lowest BCUT2D eigenvalue weighted by atomic mass is 9.90.